The molecule has 0 atom stereocenters. The molecule has 0 bridgehead atoms. The van der Waals surface area contributed by atoms with Gasteiger partial charge in [-0.05, 0) is 130 Å². The normalized spacial score (nSPS) is 12.5. The third-order valence-corrected chi connectivity index (χ3v) is 13.9. The van der Waals surface area contributed by atoms with Gasteiger partial charge in [-0.3, -0.25) is 0 Å². The molecule has 0 aliphatic heterocycles. The maximum absolute atomic E-state index is 2.46. The molecule has 0 N–H and O–H groups in total. The van der Waals surface area contributed by atoms with Crippen LogP contribution in [-0.4, -0.2) is 0 Å². The third-order valence-electron chi connectivity index (χ3n) is 13.9. The SMILES string of the molecule is CC1(C)c2ccccc2-c2c(-c3ccc(N(c4ccc(-c5cc6ccccc6c6ccccc56)cc4)c4cccc(-c5ccccc5)c4-c4ccccc4-c4ccccc4)cc3)cccc21. The average Bonchev–Trinajstić information content (AvgIpc) is 3.63. The van der Waals surface area contributed by atoms with Gasteiger partial charge in [-0.25, -0.2) is 0 Å². The molecule has 0 fully saturated rings. The minimum absolute atomic E-state index is 0.0693. The highest BCUT2D eigenvalue weighted by molar-refractivity contribution is 6.14. The van der Waals surface area contributed by atoms with Gasteiger partial charge in [-0.1, -0.05) is 226 Å². The second-order valence-electron chi connectivity index (χ2n) is 18.0. The second-order valence-corrected chi connectivity index (χ2v) is 18.0. The highest BCUT2D eigenvalue weighted by Gasteiger charge is 2.36. The molecule has 1 aliphatic rings. The van der Waals surface area contributed by atoms with Crippen LogP contribution in [-0.2, 0) is 5.41 Å². The van der Waals surface area contributed by atoms with E-state index in [1.807, 2.05) is 0 Å². The van der Waals surface area contributed by atoms with Crippen molar-refractivity contribution >= 4 is 38.6 Å². The van der Waals surface area contributed by atoms with Gasteiger partial charge in [0.15, 0.2) is 0 Å². The lowest BCUT2D eigenvalue weighted by Gasteiger charge is -2.30. The highest BCUT2D eigenvalue weighted by Crippen LogP contribution is 2.53. The van der Waals surface area contributed by atoms with Crippen LogP contribution >= 0.6 is 0 Å². The van der Waals surface area contributed by atoms with Crippen LogP contribution in [0.15, 0.2) is 249 Å². The molecule has 0 saturated heterocycles. The first-order chi connectivity index (χ1) is 32.5. The first-order valence-electron chi connectivity index (χ1n) is 23.0. The Morgan fingerprint density at radius 2 is 0.742 bits per heavy atom. The lowest BCUT2D eigenvalue weighted by Crippen LogP contribution is -2.14. The molecule has 0 spiro atoms. The summed E-state index contributed by atoms with van der Waals surface area (Å²) in [6, 6.07) is 91.4. The minimum Gasteiger partial charge on any atom is -0.310 e. The molecule has 11 aromatic carbocycles. The molecule has 0 saturated carbocycles. The Balaban J connectivity index is 1.07. The van der Waals surface area contributed by atoms with Gasteiger partial charge < -0.3 is 4.90 Å². The predicted octanol–water partition coefficient (Wildman–Crippen LogP) is 18.1. The van der Waals surface area contributed by atoms with Crippen molar-refractivity contribution in [2.24, 2.45) is 0 Å². The summed E-state index contributed by atoms with van der Waals surface area (Å²) in [5, 5.41) is 5.04. The molecular weight excluding hydrogens is 795 g/mol. The molecule has 0 amide bonds. The van der Waals surface area contributed by atoms with E-state index in [9.17, 15) is 0 Å². The summed E-state index contributed by atoms with van der Waals surface area (Å²) in [5.74, 6) is 0. The van der Waals surface area contributed by atoms with Crippen LogP contribution in [0.5, 0.6) is 0 Å². The molecule has 0 radical (unpaired) electrons. The van der Waals surface area contributed by atoms with Gasteiger partial charge >= 0.3 is 0 Å². The van der Waals surface area contributed by atoms with E-state index in [1.165, 1.54) is 99.4 Å². The molecular formula is C65H47N. The number of benzene rings is 11. The van der Waals surface area contributed by atoms with Gasteiger partial charge in [-0.2, -0.15) is 0 Å². The quantitative estimate of drug-likeness (QED) is 0.138. The van der Waals surface area contributed by atoms with Crippen LogP contribution in [0, 0.1) is 0 Å². The average molecular weight is 842 g/mol. The van der Waals surface area contributed by atoms with Crippen LogP contribution < -0.4 is 4.90 Å². The van der Waals surface area contributed by atoms with Gasteiger partial charge in [0.1, 0.15) is 0 Å². The highest BCUT2D eigenvalue weighted by atomic mass is 15.1. The molecule has 0 heterocycles. The predicted molar refractivity (Wildman–Crippen MR) is 281 cm³/mol. The van der Waals surface area contributed by atoms with Crippen LogP contribution in [0.3, 0.4) is 0 Å². The lowest BCUT2D eigenvalue weighted by atomic mass is 9.82. The molecule has 1 aliphatic carbocycles. The van der Waals surface area contributed by atoms with Crippen LogP contribution in [0.2, 0.25) is 0 Å². The van der Waals surface area contributed by atoms with E-state index in [1.54, 1.807) is 0 Å². The van der Waals surface area contributed by atoms with E-state index in [-0.39, 0.29) is 5.41 Å². The Labute approximate surface area is 387 Å². The van der Waals surface area contributed by atoms with Crippen molar-refractivity contribution in [1.82, 2.24) is 0 Å². The molecule has 12 rings (SSSR count). The number of anilines is 3. The Morgan fingerprint density at radius 3 is 1.42 bits per heavy atom. The van der Waals surface area contributed by atoms with Crippen LogP contribution in [0.1, 0.15) is 25.0 Å². The molecule has 0 unspecified atom stereocenters. The Bertz CT molecular complexity index is 3580. The summed E-state index contributed by atoms with van der Waals surface area (Å²) in [7, 11) is 0. The molecule has 66 heavy (non-hydrogen) atoms. The first-order valence-corrected chi connectivity index (χ1v) is 23.0. The van der Waals surface area contributed by atoms with Crippen molar-refractivity contribution in [3.8, 4) is 66.8 Å². The zero-order chi connectivity index (χ0) is 44.2. The fourth-order valence-corrected chi connectivity index (χ4v) is 10.7. The Morgan fingerprint density at radius 1 is 0.288 bits per heavy atom. The second kappa shape index (κ2) is 16.1. The number of fused-ring (bicyclic) bond motifs is 6. The van der Waals surface area contributed by atoms with Crippen molar-refractivity contribution in [2.45, 2.75) is 19.3 Å². The van der Waals surface area contributed by atoms with Crippen molar-refractivity contribution in [3.63, 3.8) is 0 Å². The van der Waals surface area contributed by atoms with Crippen molar-refractivity contribution in [1.29, 1.82) is 0 Å². The maximum atomic E-state index is 2.46. The number of hydrogen-bond acceptors (Lipinski definition) is 1. The summed E-state index contributed by atoms with van der Waals surface area (Å²) in [6.07, 6.45) is 0. The largest absolute Gasteiger partial charge is 0.310 e. The zero-order valence-corrected chi connectivity index (χ0v) is 37.1. The van der Waals surface area contributed by atoms with Gasteiger partial charge in [0, 0.05) is 22.4 Å². The minimum atomic E-state index is -0.0693. The van der Waals surface area contributed by atoms with Crippen molar-refractivity contribution in [2.75, 3.05) is 4.90 Å². The van der Waals surface area contributed by atoms with Gasteiger partial charge in [0.05, 0.1) is 5.69 Å². The van der Waals surface area contributed by atoms with Crippen molar-refractivity contribution in [3.05, 3.63) is 260 Å². The summed E-state index contributed by atoms with van der Waals surface area (Å²) in [4.78, 5) is 2.46. The van der Waals surface area contributed by atoms with Crippen LogP contribution in [0.25, 0.3) is 88.3 Å². The number of nitrogens with zero attached hydrogens (tertiary/aromatic N) is 1. The number of hydrogen-bond donors (Lipinski definition) is 0. The summed E-state index contributed by atoms with van der Waals surface area (Å²) < 4.78 is 0. The van der Waals surface area contributed by atoms with Crippen LogP contribution in [0.4, 0.5) is 17.1 Å². The number of rotatable bonds is 8. The van der Waals surface area contributed by atoms with Gasteiger partial charge in [-0.15, -0.1) is 0 Å². The van der Waals surface area contributed by atoms with Crippen molar-refractivity contribution < 1.29 is 0 Å². The molecule has 1 nitrogen and oxygen atoms in total. The summed E-state index contributed by atoms with van der Waals surface area (Å²) in [5.41, 5.74) is 20.6. The Kier molecular flexibility index (Phi) is 9.58. The maximum Gasteiger partial charge on any atom is 0.0546 e. The zero-order valence-electron chi connectivity index (χ0n) is 37.1. The first kappa shape index (κ1) is 39.3. The van der Waals surface area contributed by atoms with E-state index in [0.29, 0.717) is 0 Å². The molecule has 11 aromatic rings. The van der Waals surface area contributed by atoms with E-state index >= 15 is 0 Å². The molecule has 312 valence electrons. The fraction of sp³-hybridized carbons (Fsp3) is 0.0462. The fourth-order valence-electron chi connectivity index (χ4n) is 10.7. The monoisotopic (exact) mass is 841 g/mol. The molecule has 1 heteroatoms. The smallest absolute Gasteiger partial charge is 0.0546 e. The van der Waals surface area contributed by atoms with E-state index in [4.69, 9.17) is 0 Å². The van der Waals surface area contributed by atoms with Gasteiger partial charge in [0.25, 0.3) is 0 Å². The molecule has 0 aromatic heterocycles. The van der Waals surface area contributed by atoms with E-state index < -0.39 is 0 Å². The standard InChI is InChI=1S/C65H47N/c1-65(2)60-32-16-15-29-58(60)63-53(30-17-33-61(63)65)46-35-39-49(40-36-46)66(50-41-37-47(38-42-50)59-43-48-23-9-10-25-52(48)55-26-12-13-27-56(55)59)62-34-18-31-54(45-21-7-4-8-22-45)64(62)57-28-14-11-24-51(57)44-19-5-3-6-20-44/h3-43H,1-2H3. The van der Waals surface area contributed by atoms with E-state index in [0.717, 1.165) is 17.1 Å². The van der Waals surface area contributed by atoms with Gasteiger partial charge in [0.2, 0.25) is 0 Å². The third kappa shape index (κ3) is 6.55. The summed E-state index contributed by atoms with van der Waals surface area (Å²) in [6.45, 7) is 4.71. The summed E-state index contributed by atoms with van der Waals surface area (Å²) >= 11 is 0. The Hall–Kier alpha value is -8.26. The lowest BCUT2D eigenvalue weighted by molar-refractivity contribution is 0.660. The van der Waals surface area contributed by atoms with E-state index in [2.05, 4.69) is 267 Å². The topological polar surface area (TPSA) is 3.24 Å².